The second-order valence-corrected chi connectivity index (χ2v) is 3.74. The Morgan fingerprint density at radius 3 is 2.80 bits per heavy atom. The molecule has 2 N–H and O–H groups in total. The molecule has 0 radical (unpaired) electrons. The molecule has 1 aliphatic rings. The molecule has 1 aliphatic heterocycles. The molecular formula is C10H15NO4. The van der Waals surface area contributed by atoms with Gasteiger partial charge in [0.05, 0.1) is 12.6 Å². The number of nitrogens with one attached hydrogen (secondary N) is 1. The fourth-order valence-electron chi connectivity index (χ4n) is 1.25. The van der Waals surface area contributed by atoms with Crippen molar-refractivity contribution in [1.82, 2.24) is 5.32 Å². The lowest BCUT2D eigenvalue weighted by Gasteiger charge is -2.21. The molecule has 1 rings (SSSR count). The maximum atomic E-state index is 11.6. The van der Waals surface area contributed by atoms with Crippen molar-refractivity contribution in [3.8, 4) is 0 Å². The molecule has 0 aromatic rings. The van der Waals surface area contributed by atoms with Gasteiger partial charge in [0, 0.05) is 11.6 Å². The highest BCUT2D eigenvalue weighted by molar-refractivity contribution is 6.00. The molecule has 1 atom stereocenters. The molecule has 15 heavy (non-hydrogen) atoms. The molecule has 84 valence electrons. The van der Waals surface area contributed by atoms with Crippen molar-refractivity contribution >= 4 is 11.9 Å². The minimum Gasteiger partial charge on any atom is -0.460 e. The third-order valence-corrected chi connectivity index (χ3v) is 2.14. The van der Waals surface area contributed by atoms with E-state index < -0.39 is 12.0 Å². The van der Waals surface area contributed by atoms with E-state index in [1.807, 2.05) is 13.8 Å². The molecule has 1 unspecified atom stereocenters. The molecule has 0 spiro atoms. The highest BCUT2D eigenvalue weighted by Crippen LogP contribution is 2.12. The Balaban J connectivity index is 2.89. The van der Waals surface area contributed by atoms with Crippen LogP contribution in [0.15, 0.2) is 11.6 Å². The Kier molecular flexibility index (Phi) is 3.85. The van der Waals surface area contributed by atoms with Crippen LogP contribution in [0.1, 0.15) is 13.8 Å². The summed E-state index contributed by atoms with van der Waals surface area (Å²) in [6, 6.07) is -0.524. The fourth-order valence-corrected chi connectivity index (χ4v) is 1.25. The zero-order valence-electron chi connectivity index (χ0n) is 8.82. The molecule has 5 nitrogen and oxygen atoms in total. The molecule has 0 bridgehead atoms. The number of aliphatic hydroxyl groups excluding tert-OH is 1. The molecule has 0 aromatic heterocycles. The number of cyclic esters (lactones) is 1. The van der Waals surface area contributed by atoms with Gasteiger partial charge in [-0.3, -0.25) is 4.79 Å². The number of esters is 1. The fraction of sp³-hybridized carbons (Fsp3) is 0.600. The second-order valence-electron chi connectivity index (χ2n) is 3.74. The molecule has 1 heterocycles. The molecule has 0 aliphatic carbocycles. The van der Waals surface area contributed by atoms with Crippen LogP contribution < -0.4 is 5.32 Å². The van der Waals surface area contributed by atoms with Crippen LogP contribution in [0.5, 0.6) is 0 Å². The summed E-state index contributed by atoms with van der Waals surface area (Å²) < 4.78 is 4.83. The SMILES string of the molecule is CC(C)/C1=C/C(=O)OCC(CO)NC1=O. The van der Waals surface area contributed by atoms with Gasteiger partial charge in [0.2, 0.25) is 5.91 Å². The molecule has 5 heteroatoms. The first-order chi connectivity index (χ1) is 7.04. The monoisotopic (exact) mass is 213 g/mol. The maximum absolute atomic E-state index is 11.6. The predicted octanol–water partition coefficient (Wildman–Crippen LogP) is -0.397. The van der Waals surface area contributed by atoms with E-state index in [9.17, 15) is 9.59 Å². The van der Waals surface area contributed by atoms with Gasteiger partial charge in [-0.05, 0) is 5.92 Å². The van der Waals surface area contributed by atoms with Gasteiger partial charge < -0.3 is 15.2 Å². The third kappa shape index (κ3) is 3.06. The van der Waals surface area contributed by atoms with Crippen LogP contribution in [0.2, 0.25) is 0 Å². The van der Waals surface area contributed by atoms with Gasteiger partial charge in [-0.15, -0.1) is 0 Å². The Hall–Kier alpha value is -1.36. The average molecular weight is 213 g/mol. The summed E-state index contributed by atoms with van der Waals surface area (Å²) in [7, 11) is 0. The van der Waals surface area contributed by atoms with Crippen molar-refractivity contribution in [2.75, 3.05) is 13.2 Å². The van der Waals surface area contributed by atoms with E-state index in [1.54, 1.807) is 0 Å². The number of amides is 1. The van der Waals surface area contributed by atoms with Gasteiger partial charge in [0.1, 0.15) is 6.61 Å². The van der Waals surface area contributed by atoms with Crippen molar-refractivity contribution in [3.05, 3.63) is 11.6 Å². The van der Waals surface area contributed by atoms with Gasteiger partial charge >= 0.3 is 5.97 Å². The van der Waals surface area contributed by atoms with E-state index in [4.69, 9.17) is 9.84 Å². The van der Waals surface area contributed by atoms with Crippen molar-refractivity contribution in [3.63, 3.8) is 0 Å². The summed E-state index contributed by atoms with van der Waals surface area (Å²) in [5, 5.41) is 11.5. The van der Waals surface area contributed by atoms with Crippen molar-refractivity contribution in [2.24, 2.45) is 5.92 Å². The lowest BCUT2D eigenvalue weighted by Crippen LogP contribution is -2.44. The van der Waals surface area contributed by atoms with E-state index in [0.717, 1.165) is 0 Å². The number of hydrogen-bond acceptors (Lipinski definition) is 4. The molecule has 0 saturated heterocycles. The Morgan fingerprint density at radius 1 is 1.60 bits per heavy atom. The normalized spacial score (nSPS) is 26.1. The van der Waals surface area contributed by atoms with Crippen LogP contribution in [-0.4, -0.2) is 36.2 Å². The van der Waals surface area contributed by atoms with E-state index in [0.29, 0.717) is 5.57 Å². The number of carbonyl (C=O) groups is 2. The summed E-state index contributed by atoms with van der Waals surface area (Å²) in [6.45, 7) is 3.38. The first-order valence-corrected chi connectivity index (χ1v) is 4.84. The smallest absolute Gasteiger partial charge is 0.331 e. The summed E-state index contributed by atoms with van der Waals surface area (Å²) >= 11 is 0. The maximum Gasteiger partial charge on any atom is 0.331 e. The number of ether oxygens (including phenoxy) is 1. The second kappa shape index (κ2) is 4.93. The Labute approximate surface area is 88.1 Å². The molecule has 1 amide bonds. The lowest BCUT2D eigenvalue weighted by atomic mass is 10.0. The number of rotatable bonds is 2. The van der Waals surface area contributed by atoms with Gasteiger partial charge in [0.25, 0.3) is 0 Å². The summed E-state index contributed by atoms with van der Waals surface area (Å²) in [6.07, 6.45) is 1.20. The van der Waals surface area contributed by atoms with E-state index >= 15 is 0 Å². The van der Waals surface area contributed by atoms with Gasteiger partial charge in [-0.25, -0.2) is 4.79 Å². The Morgan fingerprint density at radius 2 is 2.27 bits per heavy atom. The summed E-state index contributed by atoms with van der Waals surface area (Å²) in [5.41, 5.74) is 0.373. The Bertz CT molecular complexity index is 296. The van der Waals surface area contributed by atoms with Gasteiger partial charge in [-0.1, -0.05) is 13.8 Å². The van der Waals surface area contributed by atoms with E-state index in [-0.39, 0.29) is 25.0 Å². The predicted molar refractivity (Wildman–Crippen MR) is 52.9 cm³/mol. The van der Waals surface area contributed by atoms with Crippen molar-refractivity contribution in [2.45, 2.75) is 19.9 Å². The molecule has 0 saturated carbocycles. The van der Waals surface area contributed by atoms with Crippen LogP contribution >= 0.6 is 0 Å². The third-order valence-electron chi connectivity index (χ3n) is 2.14. The largest absolute Gasteiger partial charge is 0.460 e. The van der Waals surface area contributed by atoms with Crippen molar-refractivity contribution < 1.29 is 19.4 Å². The van der Waals surface area contributed by atoms with Crippen LogP contribution in [0.3, 0.4) is 0 Å². The van der Waals surface area contributed by atoms with Gasteiger partial charge in [-0.2, -0.15) is 0 Å². The molecule has 0 aromatic carbocycles. The summed E-state index contributed by atoms with van der Waals surface area (Å²) in [5.74, 6) is -0.914. The van der Waals surface area contributed by atoms with Crippen LogP contribution in [-0.2, 0) is 14.3 Å². The minimum atomic E-state index is -0.535. The zero-order chi connectivity index (χ0) is 11.4. The topological polar surface area (TPSA) is 75.6 Å². The molecule has 0 fully saturated rings. The van der Waals surface area contributed by atoms with Crippen LogP contribution in [0.4, 0.5) is 0 Å². The first kappa shape index (κ1) is 11.7. The van der Waals surface area contributed by atoms with Crippen LogP contribution in [0.25, 0.3) is 0 Å². The highest BCUT2D eigenvalue weighted by atomic mass is 16.5. The minimum absolute atomic E-state index is 0.00293. The average Bonchev–Trinajstić information content (AvgIpc) is 2.17. The van der Waals surface area contributed by atoms with Gasteiger partial charge in [0.15, 0.2) is 0 Å². The first-order valence-electron chi connectivity index (χ1n) is 4.84. The van der Waals surface area contributed by atoms with E-state index in [1.165, 1.54) is 6.08 Å². The standard InChI is InChI=1S/C10H15NO4/c1-6(2)8-3-9(13)15-5-7(4-12)11-10(8)14/h3,6-7,12H,4-5H2,1-2H3,(H,11,14)/b8-3-. The number of carbonyl (C=O) groups excluding carboxylic acids is 2. The van der Waals surface area contributed by atoms with Crippen molar-refractivity contribution in [1.29, 1.82) is 0 Å². The lowest BCUT2D eigenvalue weighted by molar-refractivity contribution is -0.140. The highest BCUT2D eigenvalue weighted by Gasteiger charge is 2.22. The zero-order valence-corrected chi connectivity index (χ0v) is 8.82. The molecular weight excluding hydrogens is 198 g/mol. The quantitative estimate of drug-likeness (QED) is 0.612. The summed E-state index contributed by atoms with van der Waals surface area (Å²) in [4.78, 5) is 22.8. The number of aliphatic hydroxyl groups is 1. The van der Waals surface area contributed by atoms with Crippen LogP contribution in [0, 0.1) is 5.92 Å². The number of hydrogen-bond donors (Lipinski definition) is 2. The van der Waals surface area contributed by atoms with E-state index in [2.05, 4.69) is 5.32 Å².